The van der Waals surface area contributed by atoms with Crippen LogP contribution in [-0.2, 0) is 41.8 Å². The number of phosphoric ester groups is 2. The van der Waals surface area contributed by atoms with Crippen molar-refractivity contribution in [2.45, 2.75) is 180 Å². The van der Waals surface area contributed by atoms with Crippen molar-refractivity contribution in [1.82, 2.24) is 0 Å². The van der Waals surface area contributed by atoms with E-state index in [2.05, 4.69) is 71.5 Å². The number of carbonyl (C=O) groups is 2. The molecule has 0 aromatic carbocycles. The second kappa shape index (κ2) is 38.3. The highest BCUT2D eigenvalue weighted by molar-refractivity contribution is 7.47. The molecular formula is C42H76O13P2. The van der Waals surface area contributed by atoms with Gasteiger partial charge in [0.1, 0.15) is 12.7 Å². The van der Waals surface area contributed by atoms with E-state index in [1.807, 2.05) is 0 Å². The number of hydrogen-bond acceptors (Lipinski definition) is 10. The third-order valence-electron chi connectivity index (χ3n) is 8.68. The van der Waals surface area contributed by atoms with E-state index in [-0.39, 0.29) is 12.8 Å². The molecule has 0 heterocycles. The summed E-state index contributed by atoms with van der Waals surface area (Å²) in [6, 6.07) is 0. The van der Waals surface area contributed by atoms with Crippen molar-refractivity contribution >= 4 is 27.6 Å². The fourth-order valence-electron chi connectivity index (χ4n) is 5.41. The lowest BCUT2D eigenvalue weighted by Crippen LogP contribution is -2.30. The number of allylic oxidation sites excluding steroid dienone is 8. The normalized spacial score (nSPS) is 14.6. The third kappa shape index (κ3) is 42.0. The third-order valence-corrected chi connectivity index (χ3v) is 10.1. The summed E-state index contributed by atoms with van der Waals surface area (Å²) < 4.78 is 47.7. The molecule has 15 heteroatoms. The van der Waals surface area contributed by atoms with Crippen LogP contribution >= 0.6 is 15.6 Å². The van der Waals surface area contributed by atoms with Crippen molar-refractivity contribution in [1.29, 1.82) is 0 Å². The van der Waals surface area contributed by atoms with E-state index in [4.69, 9.17) is 23.8 Å². The monoisotopic (exact) mass is 850 g/mol. The van der Waals surface area contributed by atoms with Crippen molar-refractivity contribution in [2.24, 2.45) is 0 Å². The zero-order valence-corrected chi connectivity index (χ0v) is 36.7. The number of unbranched alkanes of at least 4 members (excludes halogenated alkanes) is 16. The number of aliphatic hydroxyl groups excluding tert-OH is 1. The van der Waals surface area contributed by atoms with Crippen LogP contribution < -0.4 is 0 Å². The molecule has 57 heavy (non-hydrogen) atoms. The molecule has 0 aromatic rings. The Kier molecular flexibility index (Phi) is 37.0. The summed E-state index contributed by atoms with van der Waals surface area (Å²) in [5.74, 6) is -1.09. The number of ether oxygens (including phenoxy) is 2. The zero-order valence-electron chi connectivity index (χ0n) is 34.9. The molecule has 0 saturated heterocycles. The quantitative estimate of drug-likeness (QED) is 0.0197. The fourth-order valence-corrected chi connectivity index (χ4v) is 6.56. The van der Waals surface area contributed by atoms with Crippen LogP contribution in [0.3, 0.4) is 0 Å². The Hall–Kier alpha value is -1.92. The van der Waals surface area contributed by atoms with Gasteiger partial charge in [0.05, 0.1) is 19.8 Å². The molecule has 0 saturated carbocycles. The van der Waals surface area contributed by atoms with E-state index in [1.165, 1.54) is 57.8 Å². The number of esters is 2. The Morgan fingerprint density at radius 3 is 1.49 bits per heavy atom. The number of rotatable bonds is 40. The molecule has 0 aliphatic carbocycles. The molecule has 13 nitrogen and oxygen atoms in total. The van der Waals surface area contributed by atoms with E-state index in [9.17, 15) is 28.7 Å². The number of carbonyl (C=O) groups excluding carboxylic acids is 2. The van der Waals surface area contributed by atoms with Crippen LogP contribution in [0.2, 0.25) is 0 Å². The summed E-state index contributed by atoms with van der Waals surface area (Å²) in [5.41, 5.74) is 0. The molecule has 1 unspecified atom stereocenters. The van der Waals surface area contributed by atoms with Gasteiger partial charge in [-0.2, -0.15) is 0 Å². The predicted molar refractivity (Wildman–Crippen MR) is 225 cm³/mol. The second-order valence-corrected chi connectivity index (χ2v) is 16.9. The maximum atomic E-state index is 12.6. The largest absolute Gasteiger partial charge is 0.472 e. The van der Waals surface area contributed by atoms with Gasteiger partial charge in [-0.3, -0.25) is 23.2 Å². The van der Waals surface area contributed by atoms with Gasteiger partial charge >= 0.3 is 27.6 Å². The van der Waals surface area contributed by atoms with Gasteiger partial charge in [-0.1, -0.05) is 127 Å². The molecule has 0 rings (SSSR count). The van der Waals surface area contributed by atoms with Crippen molar-refractivity contribution in [3.63, 3.8) is 0 Å². The molecule has 0 aliphatic rings. The van der Waals surface area contributed by atoms with Gasteiger partial charge in [0.25, 0.3) is 0 Å². The van der Waals surface area contributed by atoms with Crippen LogP contribution in [0.15, 0.2) is 48.6 Å². The molecule has 0 amide bonds. The lowest BCUT2D eigenvalue weighted by Gasteiger charge is -2.20. The summed E-state index contributed by atoms with van der Waals surface area (Å²) in [4.78, 5) is 52.6. The van der Waals surface area contributed by atoms with Gasteiger partial charge in [0, 0.05) is 12.8 Å². The van der Waals surface area contributed by atoms with Crippen LogP contribution in [0.1, 0.15) is 168 Å². The molecule has 0 aliphatic heterocycles. The minimum absolute atomic E-state index is 0.0801. The van der Waals surface area contributed by atoms with Crippen molar-refractivity contribution in [3.05, 3.63) is 48.6 Å². The van der Waals surface area contributed by atoms with Crippen LogP contribution in [0, 0.1) is 0 Å². The first-order chi connectivity index (χ1) is 27.4. The number of aliphatic hydroxyl groups is 1. The van der Waals surface area contributed by atoms with Gasteiger partial charge < -0.3 is 29.3 Å². The lowest BCUT2D eigenvalue weighted by molar-refractivity contribution is -0.161. The predicted octanol–water partition coefficient (Wildman–Crippen LogP) is 10.7. The molecular weight excluding hydrogens is 774 g/mol. The van der Waals surface area contributed by atoms with E-state index in [0.29, 0.717) is 12.8 Å². The average molecular weight is 851 g/mol. The first-order valence-corrected chi connectivity index (χ1v) is 24.4. The van der Waals surface area contributed by atoms with E-state index >= 15 is 0 Å². The Labute approximate surface area is 343 Å². The highest BCUT2D eigenvalue weighted by Crippen LogP contribution is 2.43. The van der Waals surface area contributed by atoms with Gasteiger partial charge in [-0.05, 0) is 77.0 Å². The standard InChI is InChI=1S/C42H76O13P2/c1-3-5-7-9-11-13-15-17-19-21-23-25-27-29-31-33-41(44)51-37-40(38-54-57(49,50)53-36-39(43)35-52-56(46,47)48)55-42(45)34-32-30-28-26-24-22-20-18-16-14-12-10-8-6-4-2/h12,14,17-20,24,26,39-40,43H,3-11,13,15-16,21-23,25,27-38H2,1-2H3,(H,49,50)(H2,46,47,48)/b14-12-,19-17-,20-18-,26-24-/t39-,40+/m0/s1. The number of phosphoric acid groups is 2. The molecule has 332 valence electrons. The van der Waals surface area contributed by atoms with Crippen LogP contribution in [-0.4, -0.2) is 70.4 Å². The molecule has 4 N–H and O–H groups in total. The zero-order chi connectivity index (χ0) is 42.3. The molecule has 0 spiro atoms. The average Bonchev–Trinajstić information content (AvgIpc) is 3.17. The Morgan fingerprint density at radius 2 is 0.912 bits per heavy atom. The summed E-state index contributed by atoms with van der Waals surface area (Å²) >= 11 is 0. The summed E-state index contributed by atoms with van der Waals surface area (Å²) in [6.07, 6.45) is 38.2. The summed E-state index contributed by atoms with van der Waals surface area (Å²) in [7, 11) is -9.68. The van der Waals surface area contributed by atoms with E-state index < -0.39 is 66.2 Å². The van der Waals surface area contributed by atoms with E-state index in [1.54, 1.807) is 0 Å². The van der Waals surface area contributed by atoms with Gasteiger partial charge in [-0.25, -0.2) is 9.13 Å². The van der Waals surface area contributed by atoms with Crippen molar-refractivity contribution in [3.8, 4) is 0 Å². The summed E-state index contributed by atoms with van der Waals surface area (Å²) in [6.45, 7) is 1.67. The SMILES string of the molecule is CCCCC/C=C\C/C=C\C/C=C\CCCCC(=O)O[C@H](COC(=O)CCCCCCC/C=C\CCCCCCCC)COP(=O)(O)OC[C@@H](O)COP(=O)(O)O. The fraction of sp³-hybridized carbons (Fsp3) is 0.762. The summed E-state index contributed by atoms with van der Waals surface area (Å²) in [5, 5.41) is 9.73. The minimum Gasteiger partial charge on any atom is -0.462 e. The van der Waals surface area contributed by atoms with Crippen LogP contribution in [0.5, 0.6) is 0 Å². The van der Waals surface area contributed by atoms with Crippen LogP contribution in [0.25, 0.3) is 0 Å². The Balaban J connectivity index is 4.61. The van der Waals surface area contributed by atoms with Crippen LogP contribution in [0.4, 0.5) is 0 Å². The second-order valence-electron chi connectivity index (χ2n) is 14.3. The first kappa shape index (κ1) is 55.1. The molecule has 3 atom stereocenters. The van der Waals surface area contributed by atoms with E-state index in [0.717, 1.165) is 70.6 Å². The molecule has 0 aromatic heterocycles. The Bertz CT molecular complexity index is 1200. The van der Waals surface area contributed by atoms with Crippen molar-refractivity contribution in [2.75, 3.05) is 26.4 Å². The van der Waals surface area contributed by atoms with Gasteiger partial charge in [0.15, 0.2) is 6.10 Å². The smallest absolute Gasteiger partial charge is 0.462 e. The topological polar surface area (TPSA) is 195 Å². The molecule has 0 bridgehead atoms. The highest BCUT2D eigenvalue weighted by atomic mass is 31.2. The lowest BCUT2D eigenvalue weighted by atomic mass is 10.1. The van der Waals surface area contributed by atoms with Gasteiger partial charge in [0.2, 0.25) is 0 Å². The highest BCUT2D eigenvalue weighted by Gasteiger charge is 2.28. The molecule has 0 fully saturated rings. The van der Waals surface area contributed by atoms with Gasteiger partial charge in [-0.15, -0.1) is 0 Å². The maximum Gasteiger partial charge on any atom is 0.472 e. The first-order valence-electron chi connectivity index (χ1n) is 21.3. The maximum absolute atomic E-state index is 12.6. The van der Waals surface area contributed by atoms with Crippen molar-refractivity contribution < 1.29 is 61.6 Å². The number of hydrogen-bond donors (Lipinski definition) is 4. The molecule has 0 radical (unpaired) electrons. The Morgan fingerprint density at radius 1 is 0.509 bits per heavy atom. The minimum atomic E-state index is -4.87.